The summed E-state index contributed by atoms with van der Waals surface area (Å²) in [5.41, 5.74) is 2.50. The number of carbonyl (C=O) groups is 2. The second-order valence-electron chi connectivity index (χ2n) is 7.57. The van der Waals surface area contributed by atoms with Gasteiger partial charge in [0.25, 0.3) is 5.91 Å². The number of thiophene rings is 1. The van der Waals surface area contributed by atoms with Crippen molar-refractivity contribution in [3.63, 3.8) is 0 Å². The van der Waals surface area contributed by atoms with E-state index in [1.54, 1.807) is 23.5 Å². The van der Waals surface area contributed by atoms with Crippen LogP contribution in [0.1, 0.15) is 28.2 Å². The molecule has 1 N–H and O–H groups in total. The van der Waals surface area contributed by atoms with Crippen molar-refractivity contribution in [3.8, 4) is 22.1 Å². The van der Waals surface area contributed by atoms with E-state index in [-0.39, 0.29) is 24.5 Å². The summed E-state index contributed by atoms with van der Waals surface area (Å²) in [6.45, 7) is 3.20. The van der Waals surface area contributed by atoms with Gasteiger partial charge in [-0.3, -0.25) is 9.59 Å². The number of hydrogen-bond donors (Lipinski definition) is 1. The Bertz CT molecular complexity index is 1120. The number of piperidine rings is 1. The molecule has 0 aliphatic carbocycles. The lowest BCUT2D eigenvalue weighted by molar-refractivity contribution is -0.121. The minimum absolute atomic E-state index is 0.00566. The number of ether oxygens (including phenoxy) is 2. The molecule has 160 valence electrons. The molecule has 1 aromatic carbocycles. The van der Waals surface area contributed by atoms with E-state index in [9.17, 15) is 9.59 Å². The highest BCUT2D eigenvalue weighted by molar-refractivity contribution is 7.17. The molecule has 3 aromatic rings. The maximum absolute atomic E-state index is 13.1. The Balaban J connectivity index is 1.19. The van der Waals surface area contributed by atoms with Crippen molar-refractivity contribution >= 4 is 40.2 Å². The fourth-order valence-electron chi connectivity index (χ4n) is 3.81. The predicted octanol–water partition coefficient (Wildman–Crippen LogP) is 4.40. The summed E-state index contributed by atoms with van der Waals surface area (Å²) in [6, 6.07) is 7.39. The third-order valence-corrected chi connectivity index (χ3v) is 7.43. The quantitative estimate of drug-likeness (QED) is 0.631. The number of fused-ring (bicyclic) bond motifs is 1. The van der Waals surface area contributed by atoms with Crippen molar-refractivity contribution in [3.05, 3.63) is 45.6 Å². The summed E-state index contributed by atoms with van der Waals surface area (Å²) in [5.74, 6) is 1.18. The molecule has 1 saturated heterocycles. The van der Waals surface area contributed by atoms with E-state index in [2.05, 4.69) is 10.3 Å². The number of amides is 2. The topological polar surface area (TPSA) is 80.8 Å². The SMILES string of the molecule is Cc1nc(-c2ccsc2)sc1C(=O)N1CCC(C(=O)Nc2ccc3c(c2)OCO3)CC1. The van der Waals surface area contributed by atoms with Crippen LogP contribution in [0.3, 0.4) is 0 Å². The molecule has 2 amide bonds. The smallest absolute Gasteiger partial charge is 0.265 e. The van der Waals surface area contributed by atoms with E-state index >= 15 is 0 Å². The Labute approximate surface area is 187 Å². The predicted molar refractivity (Wildman–Crippen MR) is 120 cm³/mol. The number of rotatable bonds is 4. The lowest BCUT2D eigenvalue weighted by atomic mass is 9.95. The fraction of sp³-hybridized carbons (Fsp3) is 0.318. The number of carbonyl (C=O) groups excluding carboxylic acids is 2. The summed E-state index contributed by atoms with van der Waals surface area (Å²) in [5, 5.41) is 7.88. The van der Waals surface area contributed by atoms with E-state index in [4.69, 9.17) is 9.47 Å². The van der Waals surface area contributed by atoms with Crippen LogP contribution in [0.4, 0.5) is 5.69 Å². The van der Waals surface area contributed by atoms with E-state index in [1.165, 1.54) is 11.3 Å². The average molecular weight is 456 g/mol. The van der Waals surface area contributed by atoms with Crippen molar-refractivity contribution in [1.29, 1.82) is 0 Å². The number of nitrogens with one attached hydrogen (secondary N) is 1. The Hall–Kier alpha value is -2.91. The fourth-order valence-corrected chi connectivity index (χ4v) is 5.56. The number of anilines is 1. The zero-order valence-corrected chi connectivity index (χ0v) is 18.6. The maximum atomic E-state index is 13.1. The first kappa shape index (κ1) is 20.0. The van der Waals surface area contributed by atoms with Crippen LogP contribution in [0.15, 0.2) is 35.0 Å². The van der Waals surface area contributed by atoms with Crippen molar-refractivity contribution < 1.29 is 19.1 Å². The highest BCUT2D eigenvalue weighted by atomic mass is 32.1. The first-order valence-corrected chi connectivity index (χ1v) is 11.8. The minimum atomic E-state index is -0.126. The van der Waals surface area contributed by atoms with Crippen LogP contribution in [0, 0.1) is 12.8 Å². The Morgan fingerprint density at radius 3 is 2.74 bits per heavy atom. The highest BCUT2D eigenvalue weighted by Gasteiger charge is 2.30. The Kier molecular flexibility index (Phi) is 5.37. The Morgan fingerprint density at radius 1 is 1.16 bits per heavy atom. The molecule has 1 fully saturated rings. The van der Waals surface area contributed by atoms with Gasteiger partial charge >= 0.3 is 0 Å². The summed E-state index contributed by atoms with van der Waals surface area (Å²) >= 11 is 3.06. The van der Waals surface area contributed by atoms with Gasteiger partial charge in [0.05, 0.1) is 5.69 Å². The van der Waals surface area contributed by atoms with Crippen molar-refractivity contribution in [2.24, 2.45) is 5.92 Å². The second kappa shape index (κ2) is 8.32. The summed E-state index contributed by atoms with van der Waals surface area (Å²) in [4.78, 5) is 32.9. The zero-order chi connectivity index (χ0) is 21.4. The molecule has 7 nitrogen and oxygen atoms in total. The molecule has 0 atom stereocenters. The second-order valence-corrected chi connectivity index (χ2v) is 9.35. The number of benzene rings is 1. The first-order chi connectivity index (χ1) is 15.1. The van der Waals surface area contributed by atoms with E-state index in [1.807, 2.05) is 34.7 Å². The van der Waals surface area contributed by atoms with Crippen LogP contribution in [-0.4, -0.2) is 41.6 Å². The monoisotopic (exact) mass is 455 g/mol. The molecule has 0 bridgehead atoms. The summed E-state index contributed by atoms with van der Waals surface area (Å²) in [7, 11) is 0. The van der Waals surface area contributed by atoms with Crippen molar-refractivity contribution in [2.75, 3.05) is 25.2 Å². The van der Waals surface area contributed by atoms with Crippen molar-refractivity contribution in [2.45, 2.75) is 19.8 Å². The molecule has 2 aliphatic heterocycles. The number of hydrogen-bond acceptors (Lipinski definition) is 7. The third-order valence-electron chi connectivity index (χ3n) is 5.55. The molecule has 0 radical (unpaired) electrons. The molecule has 0 spiro atoms. The van der Waals surface area contributed by atoms with Gasteiger partial charge in [0.1, 0.15) is 9.88 Å². The number of likely N-dealkylation sites (tertiary alicyclic amines) is 1. The van der Waals surface area contributed by atoms with Crippen LogP contribution in [-0.2, 0) is 4.79 Å². The zero-order valence-electron chi connectivity index (χ0n) is 16.9. The van der Waals surface area contributed by atoms with Gasteiger partial charge in [-0.15, -0.1) is 11.3 Å². The molecular weight excluding hydrogens is 434 g/mol. The van der Waals surface area contributed by atoms with Gasteiger partial charge in [0.2, 0.25) is 12.7 Å². The number of aromatic nitrogens is 1. The molecule has 5 rings (SSSR count). The van der Waals surface area contributed by atoms with Gasteiger partial charge < -0.3 is 19.7 Å². The van der Waals surface area contributed by atoms with Crippen LogP contribution >= 0.6 is 22.7 Å². The van der Waals surface area contributed by atoms with Crippen LogP contribution in [0.25, 0.3) is 10.6 Å². The third kappa shape index (κ3) is 4.03. The van der Waals surface area contributed by atoms with Crippen LogP contribution in [0.5, 0.6) is 11.5 Å². The lowest BCUT2D eigenvalue weighted by Gasteiger charge is -2.31. The average Bonchev–Trinajstić information content (AvgIpc) is 3.53. The largest absolute Gasteiger partial charge is 0.454 e. The first-order valence-electron chi connectivity index (χ1n) is 10.1. The van der Waals surface area contributed by atoms with E-state index in [0.717, 1.165) is 16.3 Å². The van der Waals surface area contributed by atoms with Gasteiger partial charge in [-0.25, -0.2) is 4.98 Å². The molecule has 0 saturated carbocycles. The van der Waals surface area contributed by atoms with Gasteiger partial charge in [-0.1, -0.05) is 0 Å². The summed E-state index contributed by atoms with van der Waals surface area (Å²) in [6.07, 6.45) is 1.27. The minimum Gasteiger partial charge on any atom is -0.454 e. The molecule has 2 aromatic heterocycles. The molecule has 31 heavy (non-hydrogen) atoms. The lowest BCUT2D eigenvalue weighted by Crippen LogP contribution is -2.41. The molecular formula is C22H21N3O4S2. The van der Waals surface area contributed by atoms with Crippen molar-refractivity contribution in [1.82, 2.24) is 9.88 Å². The maximum Gasteiger partial charge on any atom is 0.265 e. The molecule has 9 heteroatoms. The molecule has 0 unspecified atom stereocenters. The van der Waals surface area contributed by atoms with E-state index in [0.29, 0.717) is 48.0 Å². The van der Waals surface area contributed by atoms with Gasteiger partial charge in [0, 0.05) is 41.7 Å². The Morgan fingerprint density at radius 2 is 1.97 bits per heavy atom. The molecule has 2 aliphatic rings. The van der Waals surface area contributed by atoms with Gasteiger partial charge in [0.15, 0.2) is 11.5 Å². The standard InChI is InChI=1S/C22H21N3O4S2/c1-13-19(31-21(23-13)15-6-9-30-11-15)22(27)25-7-4-14(5-8-25)20(26)24-16-2-3-17-18(10-16)29-12-28-17/h2-3,6,9-11,14H,4-5,7-8,12H2,1H3,(H,24,26). The summed E-state index contributed by atoms with van der Waals surface area (Å²) < 4.78 is 10.7. The van der Waals surface area contributed by atoms with Crippen LogP contribution < -0.4 is 14.8 Å². The normalized spacial score (nSPS) is 15.8. The van der Waals surface area contributed by atoms with Crippen LogP contribution in [0.2, 0.25) is 0 Å². The highest BCUT2D eigenvalue weighted by Crippen LogP contribution is 2.35. The molecule has 4 heterocycles. The number of aryl methyl sites for hydroxylation is 1. The van der Waals surface area contributed by atoms with Gasteiger partial charge in [-0.05, 0) is 43.3 Å². The van der Waals surface area contributed by atoms with Gasteiger partial charge in [-0.2, -0.15) is 11.3 Å². The number of nitrogens with zero attached hydrogens (tertiary/aromatic N) is 2. The van der Waals surface area contributed by atoms with E-state index < -0.39 is 0 Å². The number of thiazole rings is 1.